The summed E-state index contributed by atoms with van der Waals surface area (Å²) in [5.74, 6) is -2.45. The van der Waals surface area contributed by atoms with E-state index in [1.807, 2.05) is 67.6 Å². The van der Waals surface area contributed by atoms with Crippen molar-refractivity contribution >= 4 is 29.0 Å². The predicted molar refractivity (Wildman–Crippen MR) is 105 cm³/mol. The van der Waals surface area contributed by atoms with Crippen molar-refractivity contribution in [3.8, 4) is 0 Å². The third-order valence-electron chi connectivity index (χ3n) is 6.03. The van der Waals surface area contributed by atoms with Gasteiger partial charge in [-0.3, -0.25) is 19.3 Å². The first kappa shape index (κ1) is 18.4. The Hall–Kier alpha value is -2.95. The van der Waals surface area contributed by atoms with Crippen LogP contribution in [0.1, 0.15) is 20.3 Å². The normalized spacial score (nSPS) is 29.1. The summed E-state index contributed by atoms with van der Waals surface area (Å²) < 4.78 is 5.41. The number of rotatable bonds is 3. The Morgan fingerprint density at radius 2 is 1.46 bits per heavy atom. The van der Waals surface area contributed by atoms with E-state index in [1.54, 1.807) is 11.8 Å². The van der Waals surface area contributed by atoms with Crippen LogP contribution in [0.15, 0.2) is 60.7 Å². The molecule has 0 unspecified atom stereocenters. The summed E-state index contributed by atoms with van der Waals surface area (Å²) in [6.07, 6.45) is -0.217. The van der Waals surface area contributed by atoms with E-state index in [4.69, 9.17) is 4.74 Å². The molecule has 0 N–H and O–H groups in total. The molecule has 28 heavy (non-hydrogen) atoms. The third-order valence-corrected chi connectivity index (χ3v) is 6.03. The van der Waals surface area contributed by atoms with Crippen LogP contribution < -0.4 is 4.90 Å². The molecule has 4 rings (SSSR count). The monoisotopic (exact) mass is 377 g/mol. The summed E-state index contributed by atoms with van der Waals surface area (Å²) in [7, 11) is 0. The topological polar surface area (TPSA) is 63.7 Å². The van der Waals surface area contributed by atoms with Gasteiger partial charge in [-0.25, -0.2) is 0 Å². The van der Waals surface area contributed by atoms with Gasteiger partial charge in [-0.05, 0) is 31.2 Å². The molecule has 1 aliphatic carbocycles. The predicted octanol–water partition coefficient (Wildman–Crippen LogP) is 3.75. The van der Waals surface area contributed by atoms with E-state index in [1.165, 1.54) is 0 Å². The Balaban J connectivity index is 1.79. The van der Waals surface area contributed by atoms with Crippen LogP contribution in [0.5, 0.6) is 0 Å². The van der Waals surface area contributed by atoms with Crippen LogP contribution in [0.2, 0.25) is 0 Å². The lowest BCUT2D eigenvalue weighted by atomic mass is 9.65. The summed E-state index contributed by atoms with van der Waals surface area (Å²) in [4.78, 5) is 40.4. The smallest absolute Gasteiger partial charge is 0.310 e. The van der Waals surface area contributed by atoms with E-state index in [9.17, 15) is 14.4 Å². The SMILES string of the molecule is C[C@@H]1C(=O)C[C@H]2C(=O)O[C@H](C)[C@H]2[C@H]1C(=O)N(c1ccccc1)c1ccccc1. The Morgan fingerprint density at radius 3 is 2.00 bits per heavy atom. The summed E-state index contributed by atoms with van der Waals surface area (Å²) in [5.41, 5.74) is 1.47. The second kappa shape index (κ2) is 7.23. The number of ether oxygens (including phenoxy) is 1. The molecule has 0 spiro atoms. The number of anilines is 2. The van der Waals surface area contributed by atoms with Gasteiger partial charge < -0.3 is 4.74 Å². The van der Waals surface area contributed by atoms with Crippen molar-refractivity contribution in [1.29, 1.82) is 0 Å². The highest BCUT2D eigenvalue weighted by atomic mass is 16.6. The molecule has 2 fully saturated rings. The number of hydrogen-bond acceptors (Lipinski definition) is 4. The second-order valence-corrected chi connectivity index (χ2v) is 7.66. The maximum atomic E-state index is 13.9. The largest absolute Gasteiger partial charge is 0.462 e. The molecule has 2 aromatic carbocycles. The Bertz CT molecular complexity index is 856. The summed E-state index contributed by atoms with van der Waals surface area (Å²) in [6, 6.07) is 18.8. The molecule has 2 aromatic rings. The average molecular weight is 377 g/mol. The maximum Gasteiger partial charge on any atom is 0.310 e. The van der Waals surface area contributed by atoms with Crippen LogP contribution >= 0.6 is 0 Å². The lowest BCUT2D eigenvalue weighted by Crippen LogP contribution is -2.49. The van der Waals surface area contributed by atoms with Gasteiger partial charge in [0.05, 0.1) is 11.8 Å². The third kappa shape index (κ3) is 3.01. The molecular formula is C23H23NO4. The highest BCUT2D eigenvalue weighted by Crippen LogP contribution is 2.46. The molecule has 5 atom stereocenters. The first-order chi connectivity index (χ1) is 13.5. The van der Waals surface area contributed by atoms with Crippen molar-refractivity contribution < 1.29 is 19.1 Å². The molecule has 1 heterocycles. The van der Waals surface area contributed by atoms with Gasteiger partial charge in [0.1, 0.15) is 11.9 Å². The van der Waals surface area contributed by atoms with E-state index < -0.39 is 17.8 Å². The first-order valence-electron chi connectivity index (χ1n) is 9.66. The summed E-state index contributed by atoms with van der Waals surface area (Å²) in [5, 5.41) is 0. The fraction of sp³-hybridized carbons (Fsp3) is 0.348. The van der Waals surface area contributed by atoms with Crippen LogP contribution in [0, 0.1) is 23.7 Å². The molecule has 0 radical (unpaired) electrons. The molecular weight excluding hydrogens is 354 g/mol. The van der Waals surface area contributed by atoms with Crippen molar-refractivity contribution in [2.45, 2.75) is 26.4 Å². The minimum absolute atomic E-state index is 0.0493. The summed E-state index contributed by atoms with van der Waals surface area (Å²) in [6.45, 7) is 3.62. The van der Waals surface area contributed by atoms with Gasteiger partial charge in [-0.1, -0.05) is 43.3 Å². The van der Waals surface area contributed by atoms with E-state index in [0.717, 1.165) is 11.4 Å². The van der Waals surface area contributed by atoms with Crippen LogP contribution in [0.3, 0.4) is 0 Å². The van der Waals surface area contributed by atoms with E-state index in [-0.39, 0.29) is 36.1 Å². The number of Topliss-reactive ketones (excluding diaryl/α,β-unsaturated/α-hetero) is 1. The lowest BCUT2D eigenvalue weighted by molar-refractivity contribution is -0.146. The fourth-order valence-electron chi connectivity index (χ4n) is 4.62. The quantitative estimate of drug-likeness (QED) is 0.764. The standard InChI is InChI=1S/C23H23NO4/c1-14-19(25)13-18-21(15(2)28-23(18)27)20(14)22(26)24(16-9-5-3-6-10-16)17-11-7-4-8-12-17/h3-12,14-15,18,20-21H,13H2,1-2H3/t14-,15-,18-,20+,21-/m1/s1. The number of nitrogens with zero attached hydrogens (tertiary/aromatic N) is 1. The number of benzene rings is 2. The highest BCUT2D eigenvalue weighted by Gasteiger charge is 2.56. The number of fused-ring (bicyclic) bond motifs is 1. The van der Waals surface area contributed by atoms with Gasteiger partial charge in [-0.2, -0.15) is 0 Å². The Labute approximate surface area is 164 Å². The zero-order valence-corrected chi connectivity index (χ0v) is 15.9. The molecule has 0 bridgehead atoms. The van der Waals surface area contributed by atoms with Crippen molar-refractivity contribution in [1.82, 2.24) is 0 Å². The zero-order valence-electron chi connectivity index (χ0n) is 15.9. The number of cyclic esters (lactones) is 1. The Kier molecular flexibility index (Phi) is 4.75. The van der Waals surface area contributed by atoms with Gasteiger partial charge >= 0.3 is 5.97 Å². The second-order valence-electron chi connectivity index (χ2n) is 7.66. The number of ketones is 1. The molecule has 144 valence electrons. The van der Waals surface area contributed by atoms with Crippen LogP contribution in [0.25, 0.3) is 0 Å². The molecule has 5 nitrogen and oxygen atoms in total. The van der Waals surface area contributed by atoms with Crippen LogP contribution in [0.4, 0.5) is 11.4 Å². The molecule has 1 saturated heterocycles. The molecule has 2 aliphatic rings. The van der Waals surface area contributed by atoms with Crippen molar-refractivity contribution in [3.05, 3.63) is 60.7 Å². The first-order valence-corrected chi connectivity index (χ1v) is 9.66. The average Bonchev–Trinajstić information content (AvgIpc) is 2.98. The summed E-state index contributed by atoms with van der Waals surface area (Å²) >= 11 is 0. The van der Waals surface area contributed by atoms with E-state index in [0.29, 0.717) is 0 Å². The fourth-order valence-corrected chi connectivity index (χ4v) is 4.62. The van der Waals surface area contributed by atoms with Gasteiger partial charge in [0.15, 0.2) is 0 Å². The van der Waals surface area contributed by atoms with Crippen LogP contribution in [-0.4, -0.2) is 23.8 Å². The molecule has 1 saturated carbocycles. The van der Waals surface area contributed by atoms with Gasteiger partial charge in [0, 0.05) is 29.6 Å². The van der Waals surface area contributed by atoms with Crippen molar-refractivity contribution in [2.75, 3.05) is 4.90 Å². The minimum atomic E-state index is -0.604. The van der Waals surface area contributed by atoms with Gasteiger partial charge in [-0.15, -0.1) is 0 Å². The minimum Gasteiger partial charge on any atom is -0.462 e. The number of carbonyl (C=O) groups excluding carboxylic acids is 3. The molecule has 1 aliphatic heterocycles. The number of carbonyl (C=O) groups is 3. The molecule has 1 amide bonds. The number of amides is 1. The maximum absolute atomic E-state index is 13.9. The Morgan fingerprint density at radius 1 is 0.929 bits per heavy atom. The van der Waals surface area contributed by atoms with Crippen LogP contribution in [-0.2, 0) is 19.1 Å². The van der Waals surface area contributed by atoms with Crippen molar-refractivity contribution in [3.63, 3.8) is 0 Å². The highest BCUT2D eigenvalue weighted by molar-refractivity contribution is 6.05. The molecule has 5 heteroatoms. The van der Waals surface area contributed by atoms with Gasteiger partial charge in [0.25, 0.3) is 0 Å². The van der Waals surface area contributed by atoms with E-state index in [2.05, 4.69) is 0 Å². The van der Waals surface area contributed by atoms with E-state index >= 15 is 0 Å². The number of para-hydroxylation sites is 2. The number of hydrogen-bond donors (Lipinski definition) is 0. The molecule has 0 aromatic heterocycles. The number of esters is 1. The lowest BCUT2D eigenvalue weighted by Gasteiger charge is -2.38. The van der Waals surface area contributed by atoms with Crippen molar-refractivity contribution in [2.24, 2.45) is 23.7 Å². The van der Waals surface area contributed by atoms with Gasteiger partial charge in [0.2, 0.25) is 5.91 Å². The zero-order chi connectivity index (χ0) is 19.8.